The van der Waals surface area contributed by atoms with Crippen LogP contribution in [0.25, 0.3) is 10.2 Å². The molecule has 3 aromatic rings. The lowest BCUT2D eigenvalue weighted by molar-refractivity contribution is -0.115. The highest BCUT2D eigenvalue weighted by Gasteiger charge is 2.19. The van der Waals surface area contributed by atoms with Crippen molar-refractivity contribution >= 4 is 37.3 Å². The van der Waals surface area contributed by atoms with Gasteiger partial charge in [0.15, 0.2) is 14.6 Å². The SMILES string of the molecule is CCOc1cccc2sc(=NC(=O)CS(=O)(=O)c3ccc(OC)cc3)n(C)c12. The van der Waals surface area contributed by atoms with Crippen LogP contribution < -0.4 is 14.3 Å². The first-order valence-corrected chi connectivity index (χ1v) is 11.0. The summed E-state index contributed by atoms with van der Waals surface area (Å²) in [6, 6.07) is 11.5. The molecule has 0 bridgehead atoms. The number of nitrogens with zero attached hydrogens (tertiary/aromatic N) is 2. The van der Waals surface area contributed by atoms with Gasteiger partial charge in [-0.2, -0.15) is 4.99 Å². The molecule has 0 saturated heterocycles. The third-order valence-corrected chi connectivity index (χ3v) is 6.75. The molecule has 0 aliphatic rings. The van der Waals surface area contributed by atoms with Crippen LogP contribution >= 0.6 is 11.3 Å². The van der Waals surface area contributed by atoms with Crippen LogP contribution in [0.5, 0.6) is 11.5 Å². The largest absolute Gasteiger partial charge is 0.497 e. The summed E-state index contributed by atoms with van der Waals surface area (Å²) in [5.74, 6) is -0.196. The minimum absolute atomic E-state index is 0.0520. The van der Waals surface area contributed by atoms with Crippen molar-refractivity contribution in [2.24, 2.45) is 12.0 Å². The van der Waals surface area contributed by atoms with Gasteiger partial charge in [-0.15, -0.1) is 0 Å². The van der Waals surface area contributed by atoms with E-state index in [1.54, 1.807) is 11.6 Å². The van der Waals surface area contributed by atoms with E-state index >= 15 is 0 Å². The highest BCUT2D eigenvalue weighted by molar-refractivity contribution is 7.92. The minimum atomic E-state index is -3.79. The summed E-state index contributed by atoms with van der Waals surface area (Å²) in [4.78, 5) is 16.8. The molecule has 0 atom stereocenters. The van der Waals surface area contributed by atoms with Crippen LogP contribution in [0.3, 0.4) is 0 Å². The minimum Gasteiger partial charge on any atom is -0.497 e. The summed E-state index contributed by atoms with van der Waals surface area (Å²) < 4.78 is 38.3. The number of sulfone groups is 1. The van der Waals surface area contributed by atoms with E-state index < -0.39 is 21.5 Å². The second-order valence-corrected chi connectivity index (χ2v) is 8.92. The molecule has 28 heavy (non-hydrogen) atoms. The third-order valence-electron chi connectivity index (χ3n) is 4.04. The third kappa shape index (κ3) is 4.10. The number of hydrogen-bond donors (Lipinski definition) is 0. The van der Waals surface area contributed by atoms with Gasteiger partial charge in [0.1, 0.15) is 22.8 Å². The molecule has 1 heterocycles. The van der Waals surface area contributed by atoms with Crippen LogP contribution in [0.15, 0.2) is 52.4 Å². The molecule has 1 aromatic heterocycles. The Hall–Kier alpha value is -2.65. The Bertz CT molecular complexity index is 1180. The van der Waals surface area contributed by atoms with Crippen molar-refractivity contribution < 1.29 is 22.7 Å². The van der Waals surface area contributed by atoms with Crippen molar-refractivity contribution in [2.45, 2.75) is 11.8 Å². The monoisotopic (exact) mass is 420 g/mol. The normalized spacial score (nSPS) is 12.3. The van der Waals surface area contributed by atoms with Crippen LogP contribution in [-0.2, 0) is 21.7 Å². The quantitative estimate of drug-likeness (QED) is 0.612. The number of rotatable bonds is 6. The average molecular weight is 421 g/mol. The van der Waals surface area contributed by atoms with Gasteiger partial charge in [-0.05, 0) is 43.3 Å². The van der Waals surface area contributed by atoms with E-state index in [0.29, 0.717) is 22.9 Å². The van der Waals surface area contributed by atoms with E-state index in [1.165, 1.54) is 42.7 Å². The summed E-state index contributed by atoms with van der Waals surface area (Å²) in [6.07, 6.45) is 0. The molecule has 148 valence electrons. The van der Waals surface area contributed by atoms with E-state index in [-0.39, 0.29) is 4.90 Å². The van der Waals surface area contributed by atoms with E-state index in [1.807, 2.05) is 25.1 Å². The number of carbonyl (C=O) groups excluding carboxylic acids is 1. The maximum absolute atomic E-state index is 12.5. The number of hydrogen-bond acceptors (Lipinski definition) is 6. The smallest absolute Gasteiger partial charge is 0.263 e. The molecule has 3 rings (SSSR count). The predicted molar refractivity (Wildman–Crippen MR) is 108 cm³/mol. The number of benzene rings is 2. The van der Waals surface area contributed by atoms with Crippen LogP contribution in [-0.4, -0.2) is 38.4 Å². The fraction of sp³-hybridized carbons (Fsp3) is 0.263. The maximum atomic E-state index is 12.5. The molecular weight excluding hydrogens is 400 g/mol. The zero-order chi connectivity index (χ0) is 20.3. The summed E-state index contributed by atoms with van der Waals surface area (Å²) >= 11 is 1.30. The van der Waals surface area contributed by atoms with Crippen LogP contribution in [0.2, 0.25) is 0 Å². The van der Waals surface area contributed by atoms with Crippen molar-refractivity contribution in [2.75, 3.05) is 19.5 Å². The number of aromatic nitrogens is 1. The van der Waals surface area contributed by atoms with E-state index in [9.17, 15) is 13.2 Å². The molecule has 0 radical (unpaired) electrons. The predicted octanol–water partition coefficient (Wildman–Crippen LogP) is 2.55. The van der Waals surface area contributed by atoms with Gasteiger partial charge in [-0.25, -0.2) is 8.42 Å². The molecular formula is C19H20N2O5S2. The number of thiazole rings is 1. The zero-order valence-electron chi connectivity index (χ0n) is 15.7. The van der Waals surface area contributed by atoms with Gasteiger partial charge in [-0.1, -0.05) is 17.4 Å². The molecule has 0 N–H and O–H groups in total. The van der Waals surface area contributed by atoms with Gasteiger partial charge in [0, 0.05) is 7.05 Å². The molecule has 0 aliphatic carbocycles. The zero-order valence-corrected chi connectivity index (χ0v) is 17.3. The van der Waals surface area contributed by atoms with Gasteiger partial charge in [-0.3, -0.25) is 4.79 Å². The number of ether oxygens (including phenoxy) is 2. The molecule has 0 aliphatic heterocycles. The van der Waals surface area contributed by atoms with Crippen molar-refractivity contribution in [3.63, 3.8) is 0 Å². The number of amides is 1. The summed E-state index contributed by atoms with van der Waals surface area (Å²) in [6.45, 7) is 2.41. The van der Waals surface area contributed by atoms with Crippen LogP contribution in [0.1, 0.15) is 6.92 Å². The summed E-state index contributed by atoms with van der Waals surface area (Å²) in [5.41, 5.74) is 0.818. The molecule has 1 amide bonds. The molecule has 2 aromatic carbocycles. The van der Waals surface area contributed by atoms with Crippen molar-refractivity contribution in [3.8, 4) is 11.5 Å². The van der Waals surface area contributed by atoms with E-state index in [2.05, 4.69) is 4.99 Å². The van der Waals surface area contributed by atoms with Gasteiger partial charge < -0.3 is 14.0 Å². The van der Waals surface area contributed by atoms with Gasteiger partial charge in [0.2, 0.25) is 0 Å². The average Bonchev–Trinajstić information content (AvgIpc) is 2.98. The second kappa shape index (κ2) is 8.15. The lowest BCUT2D eigenvalue weighted by Gasteiger charge is -2.05. The van der Waals surface area contributed by atoms with Crippen molar-refractivity contribution in [1.82, 2.24) is 4.57 Å². The summed E-state index contributed by atoms with van der Waals surface area (Å²) in [5, 5.41) is 0. The summed E-state index contributed by atoms with van der Waals surface area (Å²) in [7, 11) is -0.529. The molecule has 0 spiro atoms. The van der Waals surface area contributed by atoms with E-state index in [4.69, 9.17) is 9.47 Å². The molecule has 0 unspecified atom stereocenters. The number of aryl methyl sites for hydroxylation is 1. The fourth-order valence-electron chi connectivity index (χ4n) is 2.72. The number of methoxy groups -OCH3 is 1. The van der Waals surface area contributed by atoms with Gasteiger partial charge >= 0.3 is 0 Å². The number of fused-ring (bicyclic) bond motifs is 1. The van der Waals surface area contributed by atoms with Crippen molar-refractivity contribution in [3.05, 3.63) is 47.3 Å². The van der Waals surface area contributed by atoms with E-state index in [0.717, 1.165) is 10.2 Å². The Morgan fingerprint density at radius 2 is 1.89 bits per heavy atom. The lowest BCUT2D eigenvalue weighted by Crippen LogP contribution is -2.19. The second-order valence-electron chi connectivity index (χ2n) is 5.92. The first-order valence-electron chi connectivity index (χ1n) is 8.51. The highest BCUT2D eigenvalue weighted by Crippen LogP contribution is 2.26. The Morgan fingerprint density at radius 3 is 2.54 bits per heavy atom. The maximum Gasteiger partial charge on any atom is 0.263 e. The van der Waals surface area contributed by atoms with Gasteiger partial charge in [0.05, 0.1) is 23.3 Å². The Labute approximate surface area is 166 Å². The Balaban J connectivity index is 1.92. The molecule has 9 heteroatoms. The molecule has 7 nitrogen and oxygen atoms in total. The Kier molecular flexibility index (Phi) is 5.85. The van der Waals surface area contributed by atoms with Crippen molar-refractivity contribution in [1.29, 1.82) is 0 Å². The first kappa shape index (κ1) is 20.1. The number of carbonyl (C=O) groups is 1. The molecule has 0 saturated carbocycles. The number of para-hydroxylation sites is 1. The highest BCUT2D eigenvalue weighted by atomic mass is 32.2. The Morgan fingerprint density at radius 1 is 1.18 bits per heavy atom. The fourth-order valence-corrected chi connectivity index (χ4v) is 4.88. The van der Waals surface area contributed by atoms with Gasteiger partial charge in [0.25, 0.3) is 5.91 Å². The standard InChI is InChI=1S/C19H20N2O5S2/c1-4-26-15-6-5-7-16-18(15)21(2)19(27-16)20-17(22)12-28(23,24)14-10-8-13(25-3)9-11-14/h5-11H,4,12H2,1-3H3. The first-order chi connectivity index (χ1) is 13.4. The van der Waals surface area contributed by atoms with Crippen LogP contribution in [0, 0.1) is 0 Å². The lowest BCUT2D eigenvalue weighted by atomic mass is 10.3. The molecule has 0 fully saturated rings. The van der Waals surface area contributed by atoms with Crippen LogP contribution in [0.4, 0.5) is 0 Å². The topological polar surface area (TPSA) is 87.0 Å².